The highest BCUT2D eigenvalue weighted by Gasteiger charge is 2.36. The molecular formula is C23H22BN5O5. The Bertz CT molecular complexity index is 1440. The van der Waals surface area contributed by atoms with Crippen molar-refractivity contribution in [3.05, 3.63) is 42.2 Å². The third-order valence-corrected chi connectivity index (χ3v) is 5.85. The molecule has 0 atom stereocenters. The lowest BCUT2D eigenvalue weighted by Gasteiger charge is -2.12. The van der Waals surface area contributed by atoms with Crippen LogP contribution in [-0.2, 0) is 32.7 Å². The number of aromatic nitrogens is 4. The maximum atomic E-state index is 12.0. The number of hydrogen-bond donors (Lipinski definition) is 1. The van der Waals surface area contributed by atoms with E-state index >= 15 is 0 Å². The summed E-state index contributed by atoms with van der Waals surface area (Å²) in [5.74, 6) is -0.0102. The molecule has 0 spiro atoms. The fourth-order valence-electron chi connectivity index (χ4n) is 4.17. The SMILES string of the molecule is BN(C)c1nc2[nH]c(-c3cccc(COC(=O)OC4C(=O)CCC4=O)c3)cc2c2c1ncn2C. The summed E-state index contributed by atoms with van der Waals surface area (Å²) >= 11 is 0. The van der Waals surface area contributed by atoms with Crippen molar-refractivity contribution in [2.45, 2.75) is 25.6 Å². The molecule has 34 heavy (non-hydrogen) atoms. The lowest BCUT2D eigenvalue weighted by atomic mass is 10.1. The number of nitrogens with one attached hydrogen (secondary N) is 1. The average Bonchev–Trinajstić information content (AvgIpc) is 3.50. The minimum Gasteiger partial charge on any atom is -0.429 e. The first kappa shape index (κ1) is 21.7. The Morgan fingerprint density at radius 2 is 2.03 bits per heavy atom. The fourth-order valence-corrected chi connectivity index (χ4v) is 4.17. The van der Waals surface area contributed by atoms with Gasteiger partial charge in [-0.3, -0.25) is 9.59 Å². The van der Waals surface area contributed by atoms with E-state index in [2.05, 4.69) is 9.97 Å². The quantitative estimate of drug-likeness (QED) is 0.274. The number of benzene rings is 1. The van der Waals surface area contributed by atoms with Gasteiger partial charge in [-0.1, -0.05) is 18.2 Å². The van der Waals surface area contributed by atoms with Crippen molar-refractivity contribution in [2.24, 2.45) is 7.05 Å². The molecule has 1 aromatic carbocycles. The second-order valence-electron chi connectivity index (χ2n) is 8.50. The molecule has 0 aliphatic heterocycles. The molecule has 10 nitrogen and oxygen atoms in total. The summed E-state index contributed by atoms with van der Waals surface area (Å²) in [7, 11) is 5.81. The van der Waals surface area contributed by atoms with E-state index in [0.29, 0.717) is 0 Å². The molecule has 0 saturated heterocycles. The Kier molecular flexibility index (Phi) is 5.31. The van der Waals surface area contributed by atoms with Gasteiger partial charge in [0.2, 0.25) is 14.1 Å². The molecule has 3 heterocycles. The lowest BCUT2D eigenvalue weighted by molar-refractivity contribution is -0.134. The van der Waals surface area contributed by atoms with Crippen LogP contribution in [0, 0.1) is 0 Å². The zero-order valence-corrected chi connectivity index (χ0v) is 19.0. The molecule has 3 aromatic heterocycles. The first-order valence-electron chi connectivity index (χ1n) is 10.8. The number of carbonyl (C=O) groups excluding carboxylic acids is 3. The molecule has 4 aromatic rings. The Hall–Kier alpha value is -4.15. The Morgan fingerprint density at radius 1 is 1.26 bits per heavy atom. The predicted octanol–water partition coefficient (Wildman–Crippen LogP) is 2.05. The number of aromatic amines is 1. The summed E-state index contributed by atoms with van der Waals surface area (Å²) in [6.07, 6.45) is -0.411. The highest BCUT2D eigenvalue weighted by molar-refractivity contribution is 6.20. The van der Waals surface area contributed by atoms with E-state index in [1.165, 1.54) is 0 Å². The molecule has 0 unspecified atom stereocenters. The van der Waals surface area contributed by atoms with E-state index in [4.69, 9.17) is 14.5 Å². The number of fused-ring (bicyclic) bond motifs is 3. The van der Waals surface area contributed by atoms with Crippen LogP contribution < -0.4 is 4.81 Å². The number of anilines is 1. The van der Waals surface area contributed by atoms with Crippen molar-refractivity contribution in [3.8, 4) is 11.3 Å². The summed E-state index contributed by atoms with van der Waals surface area (Å²) in [6, 6.07) is 9.52. The summed E-state index contributed by atoms with van der Waals surface area (Å²) in [5, 5.41) is 0.951. The number of ketones is 2. The zero-order chi connectivity index (χ0) is 24.0. The number of Topliss-reactive ketones (excluding diaryl/α,β-unsaturated/α-hetero) is 2. The summed E-state index contributed by atoms with van der Waals surface area (Å²) in [5.41, 5.74) is 5.01. The summed E-state index contributed by atoms with van der Waals surface area (Å²) < 4.78 is 12.0. The smallest absolute Gasteiger partial charge is 0.429 e. The summed E-state index contributed by atoms with van der Waals surface area (Å²) in [4.78, 5) is 49.8. The first-order valence-corrected chi connectivity index (χ1v) is 10.8. The molecule has 1 aliphatic carbocycles. The molecular weight excluding hydrogens is 437 g/mol. The van der Waals surface area contributed by atoms with Gasteiger partial charge in [-0.25, -0.2) is 14.8 Å². The standard InChI is InChI=1S/C23H22BN5O5/c1-28-11-25-18-19(28)14-9-15(26-21(14)27-22(18)29(2)24)13-5-3-4-12(8-13)10-33-23(32)34-20-16(30)6-7-17(20)31/h3-5,8-9,11,20H,6-7,10,24H2,1-2H3,(H,26,27). The zero-order valence-electron chi connectivity index (χ0n) is 19.0. The fraction of sp³-hybridized carbons (Fsp3) is 0.261. The molecule has 1 fully saturated rings. The van der Waals surface area contributed by atoms with Gasteiger partial charge in [0.05, 0.1) is 11.8 Å². The van der Waals surface area contributed by atoms with Crippen molar-refractivity contribution in [1.82, 2.24) is 19.5 Å². The van der Waals surface area contributed by atoms with Gasteiger partial charge in [0.1, 0.15) is 23.6 Å². The van der Waals surface area contributed by atoms with Crippen molar-refractivity contribution >= 4 is 53.6 Å². The van der Waals surface area contributed by atoms with Gasteiger partial charge in [0.25, 0.3) is 0 Å². The van der Waals surface area contributed by atoms with E-state index in [-0.39, 0.29) is 19.4 Å². The summed E-state index contributed by atoms with van der Waals surface area (Å²) in [6.45, 7) is -0.0585. The van der Waals surface area contributed by atoms with E-state index < -0.39 is 23.8 Å². The number of imidazole rings is 1. The van der Waals surface area contributed by atoms with Gasteiger partial charge in [-0.2, -0.15) is 0 Å². The Morgan fingerprint density at radius 3 is 2.76 bits per heavy atom. The Labute approximate surface area is 195 Å². The molecule has 0 amide bonds. The average molecular weight is 459 g/mol. The molecule has 0 bridgehead atoms. The van der Waals surface area contributed by atoms with Crippen LogP contribution in [0.2, 0.25) is 0 Å². The number of aryl methyl sites for hydroxylation is 1. The number of nitrogens with zero attached hydrogens (tertiary/aromatic N) is 4. The van der Waals surface area contributed by atoms with Crippen molar-refractivity contribution in [2.75, 3.05) is 11.9 Å². The van der Waals surface area contributed by atoms with E-state index in [9.17, 15) is 14.4 Å². The second-order valence-corrected chi connectivity index (χ2v) is 8.50. The van der Waals surface area contributed by atoms with Crippen LogP contribution >= 0.6 is 0 Å². The van der Waals surface area contributed by atoms with Gasteiger partial charge in [-0.15, -0.1) is 0 Å². The number of hydrogen-bond acceptors (Lipinski definition) is 8. The molecule has 172 valence electrons. The van der Waals surface area contributed by atoms with Crippen LogP contribution in [-0.4, -0.2) is 58.4 Å². The number of ether oxygens (including phenoxy) is 2. The predicted molar refractivity (Wildman–Crippen MR) is 127 cm³/mol. The van der Waals surface area contributed by atoms with Gasteiger partial charge in [0, 0.05) is 31.0 Å². The van der Waals surface area contributed by atoms with Crippen molar-refractivity contribution < 1.29 is 23.9 Å². The molecule has 0 radical (unpaired) electrons. The van der Waals surface area contributed by atoms with Crippen molar-refractivity contribution in [1.29, 1.82) is 0 Å². The van der Waals surface area contributed by atoms with Gasteiger partial charge in [-0.05, 0) is 30.3 Å². The molecule has 1 N–H and O–H groups in total. The number of pyridine rings is 1. The maximum absolute atomic E-state index is 12.0. The van der Waals surface area contributed by atoms with Crippen LogP contribution in [0.3, 0.4) is 0 Å². The third kappa shape index (κ3) is 3.78. The highest BCUT2D eigenvalue weighted by atomic mass is 16.7. The Balaban J connectivity index is 1.39. The highest BCUT2D eigenvalue weighted by Crippen LogP contribution is 2.32. The molecule has 1 saturated carbocycles. The monoisotopic (exact) mass is 459 g/mol. The van der Waals surface area contributed by atoms with E-state index in [1.807, 2.05) is 61.8 Å². The second kappa shape index (κ2) is 8.33. The van der Waals surface area contributed by atoms with Crippen molar-refractivity contribution in [3.63, 3.8) is 0 Å². The van der Waals surface area contributed by atoms with Crippen LogP contribution in [0.5, 0.6) is 0 Å². The van der Waals surface area contributed by atoms with Gasteiger partial charge in [0.15, 0.2) is 11.6 Å². The van der Waals surface area contributed by atoms with Gasteiger partial charge >= 0.3 is 6.16 Å². The number of H-pyrrole nitrogens is 1. The van der Waals surface area contributed by atoms with Gasteiger partial charge < -0.3 is 23.8 Å². The molecule has 11 heteroatoms. The lowest BCUT2D eigenvalue weighted by Crippen LogP contribution is -2.28. The normalized spacial score (nSPS) is 14.3. The van der Waals surface area contributed by atoms with Crippen LogP contribution in [0.4, 0.5) is 10.6 Å². The van der Waals surface area contributed by atoms with Crippen LogP contribution in [0.25, 0.3) is 33.3 Å². The third-order valence-electron chi connectivity index (χ3n) is 5.85. The first-order chi connectivity index (χ1) is 16.3. The topological polar surface area (TPSA) is 119 Å². The van der Waals surface area contributed by atoms with E-state index in [1.54, 1.807) is 6.33 Å². The minimum absolute atomic E-state index is 0.0585. The van der Waals surface area contributed by atoms with E-state index in [0.717, 1.165) is 44.7 Å². The van der Waals surface area contributed by atoms with Crippen LogP contribution in [0.1, 0.15) is 18.4 Å². The van der Waals surface area contributed by atoms with Crippen LogP contribution in [0.15, 0.2) is 36.7 Å². The molecule has 5 rings (SSSR count). The number of carbonyl (C=O) groups is 3. The largest absolute Gasteiger partial charge is 0.509 e. The molecule has 1 aliphatic rings. The maximum Gasteiger partial charge on any atom is 0.509 e. The number of rotatable bonds is 5. The minimum atomic E-state index is -1.34.